The maximum Gasteiger partial charge on any atom is 0.239 e. The molecule has 0 saturated heterocycles. The Morgan fingerprint density at radius 1 is 1.50 bits per heavy atom. The molecular formula is C12H20ClN5. The molecule has 0 bridgehead atoms. The van der Waals surface area contributed by atoms with Crippen LogP contribution in [0.1, 0.15) is 39.5 Å². The molecule has 1 atom stereocenters. The van der Waals surface area contributed by atoms with E-state index in [-0.39, 0.29) is 0 Å². The van der Waals surface area contributed by atoms with Crippen LogP contribution in [0, 0.1) is 5.41 Å². The van der Waals surface area contributed by atoms with Crippen LogP contribution in [-0.2, 0) is 0 Å². The van der Waals surface area contributed by atoms with Crippen LogP contribution < -0.4 is 16.6 Å². The minimum absolute atomic E-state index is 0.372. The van der Waals surface area contributed by atoms with Crippen molar-refractivity contribution in [3.8, 4) is 0 Å². The first-order valence-corrected chi connectivity index (χ1v) is 6.64. The maximum absolute atomic E-state index is 6.09. The third-order valence-electron chi connectivity index (χ3n) is 3.42. The van der Waals surface area contributed by atoms with E-state index < -0.39 is 0 Å². The van der Waals surface area contributed by atoms with Crippen molar-refractivity contribution in [2.24, 2.45) is 11.3 Å². The summed E-state index contributed by atoms with van der Waals surface area (Å²) in [5.74, 6) is 6.33. The molecule has 5 nitrogen and oxygen atoms in total. The third kappa shape index (κ3) is 3.23. The third-order valence-corrected chi connectivity index (χ3v) is 3.70. The summed E-state index contributed by atoms with van der Waals surface area (Å²) in [5, 5.41) is 3.93. The summed E-state index contributed by atoms with van der Waals surface area (Å²) in [5.41, 5.74) is 2.81. The Balaban J connectivity index is 2.09. The molecule has 0 radical (unpaired) electrons. The van der Waals surface area contributed by atoms with Crippen molar-refractivity contribution in [3.05, 3.63) is 11.2 Å². The van der Waals surface area contributed by atoms with Crippen molar-refractivity contribution < 1.29 is 0 Å². The molecule has 1 aliphatic rings. The predicted molar refractivity (Wildman–Crippen MR) is 74.5 cm³/mol. The zero-order valence-electron chi connectivity index (χ0n) is 10.8. The van der Waals surface area contributed by atoms with Gasteiger partial charge in [0.15, 0.2) is 5.82 Å². The molecule has 1 fully saturated rings. The van der Waals surface area contributed by atoms with Crippen LogP contribution in [-0.4, -0.2) is 16.0 Å². The van der Waals surface area contributed by atoms with Crippen molar-refractivity contribution in [2.75, 3.05) is 10.7 Å². The molecule has 1 unspecified atom stereocenters. The average molecular weight is 270 g/mol. The molecule has 18 heavy (non-hydrogen) atoms. The molecule has 0 spiro atoms. The Morgan fingerprint density at radius 2 is 2.28 bits per heavy atom. The molecule has 6 heteroatoms. The normalized spacial score (nSPS) is 22.6. The van der Waals surface area contributed by atoms with E-state index in [0.29, 0.717) is 28.2 Å². The fourth-order valence-electron chi connectivity index (χ4n) is 2.55. The SMILES string of the molecule is CC1(C)CCCC(Nc2nc(NN)ncc2Cl)C1. The fourth-order valence-corrected chi connectivity index (χ4v) is 2.70. The van der Waals surface area contributed by atoms with Gasteiger partial charge in [0, 0.05) is 6.04 Å². The van der Waals surface area contributed by atoms with Crippen molar-refractivity contribution in [3.63, 3.8) is 0 Å². The first-order chi connectivity index (χ1) is 8.50. The van der Waals surface area contributed by atoms with E-state index >= 15 is 0 Å². The molecule has 100 valence electrons. The average Bonchev–Trinajstić information content (AvgIpc) is 2.31. The minimum atomic E-state index is 0.372. The smallest absolute Gasteiger partial charge is 0.239 e. The molecule has 2 rings (SSSR count). The first-order valence-electron chi connectivity index (χ1n) is 6.26. The van der Waals surface area contributed by atoms with E-state index in [2.05, 4.69) is 34.6 Å². The second-order valence-corrected chi connectivity index (χ2v) is 6.04. The number of nitrogens with zero attached hydrogens (tertiary/aromatic N) is 2. The quantitative estimate of drug-likeness (QED) is 0.581. The predicted octanol–water partition coefficient (Wildman–Crippen LogP) is 2.80. The molecule has 1 aromatic heterocycles. The van der Waals surface area contributed by atoms with Gasteiger partial charge < -0.3 is 5.32 Å². The lowest BCUT2D eigenvalue weighted by molar-refractivity contribution is 0.229. The number of hydrogen-bond donors (Lipinski definition) is 3. The fraction of sp³-hybridized carbons (Fsp3) is 0.667. The Hall–Kier alpha value is -1.07. The number of nitrogens with two attached hydrogens (primary N) is 1. The van der Waals surface area contributed by atoms with Crippen LogP contribution in [0.25, 0.3) is 0 Å². The van der Waals surface area contributed by atoms with Gasteiger partial charge in [0.25, 0.3) is 0 Å². The Morgan fingerprint density at radius 3 is 2.94 bits per heavy atom. The van der Waals surface area contributed by atoms with E-state index in [1.807, 2.05) is 0 Å². The lowest BCUT2D eigenvalue weighted by Crippen LogP contribution is -2.32. The minimum Gasteiger partial charge on any atom is -0.366 e. The van der Waals surface area contributed by atoms with Gasteiger partial charge in [0.2, 0.25) is 5.95 Å². The molecule has 0 amide bonds. The van der Waals surface area contributed by atoms with Crippen LogP contribution in [0.4, 0.5) is 11.8 Å². The lowest BCUT2D eigenvalue weighted by Gasteiger charge is -2.35. The summed E-state index contributed by atoms with van der Waals surface area (Å²) >= 11 is 6.09. The number of rotatable bonds is 3. The van der Waals surface area contributed by atoms with Crippen molar-refractivity contribution in [2.45, 2.75) is 45.6 Å². The second kappa shape index (κ2) is 5.28. The highest BCUT2D eigenvalue weighted by Gasteiger charge is 2.28. The van der Waals surface area contributed by atoms with Gasteiger partial charge in [-0.3, -0.25) is 5.43 Å². The first kappa shape index (κ1) is 13.4. The number of halogens is 1. The Labute approximate surface area is 112 Å². The van der Waals surface area contributed by atoms with Gasteiger partial charge in [0.05, 0.1) is 6.20 Å². The summed E-state index contributed by atoms with van der Waals surface area (Å²) in [7, 11) is 0. The number of hydrogen-bond acceptors (Lipinski definition) is 5. The van der Waals surface area contributed by atoms with Gasteiger partial charge in [0.1, 0.15) is 5.02 Å². The van der Waals surface area contributed by atoms with Crippen LogP contribution in [0.15, 0.2) is 6.20 Å². The van der Waals surface area contributed by atoms with E-state index in [0.717, 1.165) is 12.8 Å². The van der Waals surface area contributed by atoms with Crippen LogP contribution in [0.2, 0.25) is 5.02 Å². The van der Waals surface area contributed by atoms with Gasteiger partial charge in [-0.2, -0.15) is 4.98 Å². The molecule has 1 aromatic rings. The molecule has 1 heterocycles. The number of anilines is 2. The van der Waals surface area contributed by atoms with Gasteiger partial charge in [-0.1, -0.05) is 31.9 Å². The summed E-state index contributed by atoms with van der Waals surface area (Å²) in [6.45, 7) is 4.60. The summed E-state index contributed by atoms with van der Waals surface area (Å²) < 4.78 is 0. The Kier molecular flexibility index (Phi) is 3.92. The molecule has 1 saturated carbocycles. The zero-order chi connectivity index (χ0) is 13.2. The van der Waals surface area contributed by atoms with E-state index in [1.165, 1.54) is 12.8 Å². The topological polar surface area (TPSA) is 75.9 Å². The maximum atomic E-state index is 6.09. The van der Waals surface area contributed by atoms with Crippen LogP contribution in [0.5, 0.6) is 0 Å². The highest BCUT2D eigenvalue weighted by atomic mass is 35.5. The van der Waals surface area contributed by atoms with Gasteiger partial charge in [-0.15, -0.1) is 0 Å². The van der Waals surface area contributed by atoms with E-state index in [4.69, 9.17) is 17.4 Å². The van der Waals surface area contributed by atoms with Crippen molar-refractivity contribution in [1.29, 1.82) is 0 Å². The van der Waals surface area contributed by atoms with E-state index in [1.54, 1.807) is 6.20 Å². The highest BCUT2D eigenvalue weighted by Crippen LogP contribution is 2.36. The molecule has 4 N–H and O–H groups in total. The highest BCUT2D eigenvalue weighted by molar-refractivity contribution is 6.32. The van der Waals surface area contributed by atoms with E-state index in [9.17, 15) is 0 Å². The standard InChI is InChI=1S/C12H20ClN5/c1-12(2)5-3-4-8(6-12)16-10-9(13)7-15-11(17-10)18-14/h7-8H,3-6,14H2,1-2H3,(H2,15,16,17,18). The summed E-state index contributed by atoms with van der Waals surface area (Å²) in [6, 6.07) is 0.409. The molecule has 1 aliphatic carbocycles. The number of nitrogen functional groups attached to an aromatic ring is 1. The molecule has 0 aromatic carbocycles. The zero-order valence-corrected chi connectivity index (χ0v) is 11.6. The number of aromatic nitrogens is 2. The largest absolute Gasteiger partial charge is 0.366 e. The summed E-state index contributed by atoms with van der Waals surface area (Å²) in [4.78, 5) is 8.20. The molecule has 0 aliphatic heterocycles. The number of hydrazine groups is 1. The lowest BCUT2D eigenvalue weighted by atomic mass is 9.75. The monoisotopic (exact) mass is 269 g/mol. The van der Waals surface area contributed by atoms with Crippen molar-refractivity contribution in [1.82, 2.24) is 9.97 Å². The summed E-state index contributed by atoms with van der Waals surface area (Å²) in [6.07, 6.45) is 6.33. The Bertz CT molecular complexity index is 421. The van der Waals surface area contributed by atoms with Crippen LogP contribution >= 0.6 is 11.6 Å². The molecular weight excluding hydrogens is 250 g/mol. The van der Waals surface area contributed by atoms with Gasteiger partial charge in [-0.05, 0) is 24.7 Å². The second-order valence-electron chi connectivity index (χ2n) is 5.64. The number of nitrogens with one attached hydrogen (secondary N) is 2. The van der Waals surface area contributed by atoms with Gasteiger partial charge in [-0.25, -0.2) is 10.8 Å². The van der Waals surface area contributed by atoms with Gasteiger partial charge >= 0.3 is 0 Å². The van der Waals surface area contributed by atoms with Crippen LogP contribution in [0.3, 0.4) is 0 Å². The van der Waals surface area contributed by atoms with Crippen molar-refractivity contribution >= 4 is 23.4 Å².